The first-order chi connectivity index (χ1) is 10.4. The molecule has 0 aliphatic heterocycles. The number of hydrogen-bond acceptors (Lipinski definition) is 5. The van der Waals surface area contributed by atoms with Crippen molar-refractivity contribution in [3.8, 4) is 17.2 Å². The Hall–Kier alpha value is -2.27. The maximum Gasteiger partial charge on any atom is 0.276 e. The number of rotatable bonds is 5. The normalized spacial score (nSPS) is 10.5. The summed E-state index contributed by atoms with van der Waals surface area (Å²) in [6.07, 6.45) is 1.90. The van der Waals surface area contributed by atoms with E-state index in [4.69, 9.17) is 9.15 Å². The lowest BCUT2D eigenvalue weighted by atomic mass is 10.2. The summed E-state index contributed by atoms with van der Waals surface area (Å²) in [6, 6.07) is 17.7. The van der Waals surface area contributed by atoms with Gasteiger partial charge in [-0.1, -0.05) is 54.2 Å². The molecule has 4 nitrogen and oxygen atoms in total. The molecule has 0 unspecified atom stereocenters. The summed E-state index contributed by atoms with van der Waals surface area (Å²) in [4.78, 5) is 0. The van der Waals surface area contributed by atoms with Crippen LogP contribution < -0.4 is 4.74 Å². The van der Waals surface area contributed by atoms with Crippen LogP contribution in [0.3, 0.4) is 0 Å². The van der Waals surface area contributed by atoms with Gasteiger partial charge in [0, 0.05) is 0 Å². The van der Waals surface area contributed by atoms with E-state index in [9.17, 15) is 0 Å². The van der Waals surface area contributed by atoms with Crippen LogP contribution in [0.1, 0.15) is 5.56 Å². The minimum absolute atomic E-state index is 0.475. The molecule has 1 heterocycles. The molecule has 0 N–H and O–H groups in total. The summed E-state index contributed by atoms with van der Waals surface area (Å²) >= 11 is 1.42. The number of thioether (sulfide) groups is 1. The van der Waals surface area contributed by atoms with Gasteiger partial charge in [0.2, 0.25) is 0 Å². The van der Waals surface area contributed by atoms with Crippen LogP contribution in [0.5, 0.6) is 5.75 Å². The lowest BCUT2D eigenvalue weighted by Crippen LogP contribution is -1.96. The van der Waals surface area contributed by atoms with Gasteiger partial charge in [-0.15, -0.1) is 10.2 Å². The highest BCUT2D eigenvalue weighted by atomic mass is 32.2. The van der Waals surface area contributed by atoms with Crippen LogP contribution in [-0.4, -0.2) is 16.5 Å². The highest BCUT2D eigenvalue weighted by molar-refractivity contribution is 7.98. The Morgan fingerprint density at radius 2 is 1.76 bits per heavy atom. The Labute approximate surface area is 127 Å². The first-order valence-electron chi connectivity index (χ1n) is 6.50. The maximum absolute atomic E-state index is 5.89. The molecular weight excluding hydrogens is 284 g/mol. The van der Waals surface area contributed by atoms with E-state index in [0.29, 0.717) is 17.7 Å². The van der Waals surface area contributed by atoms with E-state index < -0.39 is 0 Å². The molecule has 1 aromatic heterocycles. The molecule has 0 atom stereocenters. The molecule has 2 aromatic carbocycles. The highest BCUT2D eigenvalue weighted by Crippen LogP contribution is 2.30. The van der Waals surface area contributed by atoms with E-state index in [1.54, 1.807) is 0 Å². The third-order valence-electron chi connectivity index (χ3n) is 2.94. The van der Waals surface area contributed by atoms with Crippen molar-refractivity contribution < 1.29 is 9.15 Å². The lowest BCUT2D eigenvalue weighted by molar-refractivity contribution is 0.306. The Balaban J connectivity index is 1.82. The highest BCUT2D eigenvalue weighted by Gasteiger charge is 2.13. The first kappa shape index (κ1) is 13.7. The molecule has 0 spiro atoms. The fraction of sp³-hybridized carbons (Fsp3) is 0.125. The molecule has 0 saturated carbocycles. The molecule has 106 valence electrons. The third-order valence-corrected chi connectivity index (χ3v) is 3.45. The van der Waals surface area contributed by atoms with E-state index >= 15 is 0 Å². The van der Waals surface area contributed by atoms with Crippen LogP contribution in [0, 0.1) is 0 Å². The van der Waals surface area contributed by atoms with Crippen LogP contribution in [0.15, 0.2) is 64.2 Å². The number of para-hydroxylation sites is 1. The zero-order valence-electron chi connectivity index (χ0n) is 11.5. The predicted octanol–water partition coefficient (Wildman–Crippen LogP) is 4.04. The number of hydrogen-bond donors (Lipinski definition) is 0. The molecule has 0 radical (unpaired) electrons. The molecule has 0 bridgehead atoms. The van der Waals surface area contributed by atoms with Crippen LogP contribution in [0.4, 0.5) is 0 Å². The Morgan fingerprint density at radius 3 is 2.52 bits per heavy atom. The predicted molar refractivity (Wildman–Crippen MR) is 82.3 cm³/mol. The van der Waals surface area contributed by atoms with Crippen molar-refractivity contribution in [3.63, 3.8) is 0 Å². The van der Waals surface area contributed by atoms with Crippen molar-refractivity contribution in [3.05, 3.63) is 60.2 Å². The second-order valence-electron chi connectivity index (χ2n) is 4.35. The molecule has 0 amide bonds. The second kappa shape index (κ2) is 6.45. The molecule has 0 fully saturated rings. The van der Waals surface area contributed by atoms with Crippen LogP contribution in [-0.2, 0) is 6.61 Å². The number of aromatic nitrogens is 2. The average Bonchev–Trinajstić information content (AvgIpc) is 3.03. The van der Waals surface area contributed by atoms with Gasteiger partial charge in [-0.2, -0.15) is 0 Å². The maximum atomic E-state index is 5.89. The van der Waals surface area contributed by atoms with Crippen molar-refractivity contribution in [1.82, 2.24) is 10.2 Å². The summed E-state index contributed by atoms with van der Waals surface area (Å²) in [5.74, 6) is 1.21. The smallest absolute Gasteiger partial charge is 0.276 e. The van der Waals surface area contributed by atoms with Gasteiger partial charge in [0.05, 0.1) is 5.56 Å². The number of ether oxygens (including phenoxy) is 1. The summed E-state index contributed by atoms with van der Waals surface area (Å²) in [5.41, 5.74) is 1.92. The van der Waals surface area contributed by atoms with Gasteiger partial charge in [0.15, 0.2) is 0 Å². The van der Waals surface area contributed by atoms with E-state index in [-0.39, 0.29) is 0 Å². The summed E-state index contributed by atoms with van der Waals surface area (Å²) in [6.45, 7) is 0.501. The summed E-state index contributed by atoms with van der Waals surface area (Å²) in [5, 5.41) is 8.56. The van der Waals surface area contributed by atoms with Crippen LogP contribution in [0.25, 0.3) is 11.5 Å². The monoisotopic (exact) mass is 298 g/mol. The van der Waals surface area contributed by atoms with Gasteiger partial charge >= 0.3 is 0 Å². The Bertz CT molecular complexity index is 713. The van der Waals surface area contributed by atoms with Gasteiger partial charge in [0.25, 0.3) is 11.1 Å². The van der Waals surface area contributed by atoms with Crippen molar-refractivity contribution in [2.24, 2.45) is 0 Å². The molecule has 0 aliphatic carbocycles. The lowest BCUT2D eigenvalue weighted by Gasteiger charge is -2.09. The van der Waals surface area contributed by atoms with Crippen molar-refractivity contribution in [2.75, 3.05) is 6.26 Å². The van der Waals surface area contributed by atoms with Crippen LogP contribution >= 0.6 is 11.8 Å². The fourth-order valence-electron chi connectivity index (χ4n) is 1.91. The second-order valence-corrected chi connectivity index (χ2v) is 5.11. The van der Waals surface area contributed by atoms with E-state index in [0.717, 1.165) is 16.9 Å². The topological polar surface area (TPSA) is 48.2 Å². The number of nitrogens with zero attached hydrogens (tertiary/aromatic N) is 2. The van der Waals surface area contributed by atoms with Crippen LogP contribution in [0.2, 0.25) is 0 Å². The van der Waals surface area contributed by atoms with Gasteiger partial charge < -0.3 is 9.15 Å². The molecule has 0 aliphatic rings. The molecule has 5 heteroatoms. The molecule has 3 aromatic rings. The largest absolute Gasteiger partial charge is 0.488 e. The summed E-state index contributed by atoms with van der Waals surface area (Å²) in [7, 11) is 0. The molecule has 3 rings (SSSR count). The minimum atomic E-state index is 0.475. The SMILES string of the molecule is CSc1nnc(-c2ccccc2OCc2ccccc2)o1. The Morgan fingerprint density at radius 1 is 1.00 bits per heavy atom. The zero-order chi connectivity index (χ0) is 14.5. The zero-order valence-corrected chi connectivity index (χ0v) is 12.3. The summed E-state index contributed by atoms with van der Waals surface area (Å²) < 4.78 is 11.5. The average molecular weight is 298 g/mol. The quantitative estimate of drug-likeness (QED) is 0.665. The molecule has 21 heavy (non-hydrogen) atoms. The van der Waals surface area contributed by atoms with Gasteiger partial charge in [-0.25, -0.2) is 0 Å². The van der Waals surface area contributed by atoms with Gasteiger partial charge in [-0.3, -0.25) is 0 Å². The van der Waals surface area contributed by atoms with Crippen molar-refractivity contribution in [1.29, 1.82) is 0 Å². The fourth-order valence-corrected chi connectivity index (χ4v) is 2.19. The molecular formula is C16H14N2O2S. The third kappa shape index (κ3) is 3.25. The van der Waals surface area contributed by atoms with E-state index in [1.165, 1.54) is 11.8 Å². The first-order valence-corrected chi connectivity index (χ1v) is 7.73. The van der Waals surface area contributed by atoms with Gasteiger partial charge in [-0.05, 0) is 24.0 Å². The van der Waals surface area contributed by atoms with E-state index in [2.05, 4.69) is 10.2 Å². The number of benzene rings is 2. The van der Waals surface area contributed by atoms with E-state index in [1.807, 2.05) is 60.9 Å². The van der Waals surface area contributed by atoms with Gasteiger partial charge in [0.1, 0.15) is 12.4 Å². The molecule has 0 saturated heterocycles. The Kier molecular flexibility index (Phi) is 4.21. The van der Waals surface area contributed by atoms with Crippen molar-refractivity contribution in [2.45, 2.75) is 11.8 Å². The van der Waals surface area contributed by atoms with Crippen molar-refractivity contribution >= 4 is 11.8 Å². The standard InChI is InChI=1S/C16H14N2O2S/c1-21-16-18-17-15(20-16)13-9-5-6-10-14(13)19-11-12-7-3-2-4-8-12/h2-10H,11H2,1H3. The minimum Gasteiger partial charge on any atom is -0.488 e.